The molecule has 2 aliphatic carbocycles. The topological polar surface area (TPSA) is 0 Å². The molecule has 9 rings (SSSR count). The summed E-state index contributed by atoms with van der Waals surface area (Å²) >= 11 is 0. The smallest absolute Gasteiger partial charge is 0.320 e. The average molecular weight is 803 g/mol. The van der Waals surface area contributed by atoms with E-state index in [1.54, 1.807) is 0 Å². The van der Waals surface area contributed by atoms with Crippen LogP contribution < -0.4 is 31.8 Å². The molecule has 0 nitrogen and oxygen atoms in total. The summed E-state index contributed by atoms with van der Waals surface area (Å²) in [5, 5.41) is 8.61. The summed E-state index contributed by atoms with van der Waals surface area (Å²) in [6.45, 7) is 0. The standard InChI is InChI=1S/2C18H15P.C13H14.Pd/c2*1-4-10-16(11-5-1)19(17-12-6-2-7-13-17)18-14-8-3-9-15-18;1-2-4-11(5-3-1)13-9-10-6-7-12(13)8-10;/h2*1-15H;1-4,9-10,12-13H,6-8H2;/q;;-2;+2/p+2. The predicted molar refractivity (Wildman–Crippen MR) is 226 cm³/mol. The Morgan fingerprint density at radius 1 is 0.404 bits per heavy atom. The molecule has 3 atom stereocenters. The van der Waals surface area contributed by atoms with Crippen molar-refractivity contribution < 1.29 is 20.4 Å². The zero-order valence-electron chi connectivity index (χ0n) is 29.4. The molecule has 7 aromatic rings. The molecule has 0 amide bonds. The summed E-state index contributed by atoms with van der Waals surface area (Å²) in [6.07, 6.45) is 6.87. The molecule has 0 saturated heterocycles. The summed E-state index contributed by atoms with van der Waals surface area (Å²) in [5.41, 5.74) is 1.41. The Morgan fingerprint density at radius 3 is 0.981 bits per heavy atom. The van der Waals surface area contributed by atoms with Gasteiger partial charge in [-0.3, -0.25) is 0 Å². The van der Waals surface area contributed by atoms with Crippen LogP contribution in [0.2, 0.25) is 0 Å². The number of benzene rings is 7. The molecule has 0 aliphatic heterocycles. The van der Waals surface area contributed by atoms with Gasteiger partial charge in [-0.15, -0.1) is 0 Å². The summed E-state index contributed by atoms with van der Waals surface area (Å²) < 4.78 is 0. The van der Waals surface area contributed by atoms with Gasteiger partial charge in [-0.05, 0) is 72.8 Å². The minimum Gasteiger partial charge on any atom is -0.320 e. The fraction of sp³-hybridized carbons (Fsp3) is 0.122. The number of hydrogen-bond donors (Lipinski definition) is 0. The van der Waals surface area contributed by atoms with E-state index in [1.807, 2.05) is 6.07 Å². The largest absolute Gasteiger partial charge is 2.00 e. The maximum absolute atomic E-state index is 3.36. The van der Waals surface area contributed by atoms with Crippen molar-refractivity contribution in [3.63, 3.8) is 0 Å². The summed E-state index contributed by atoms with van der Waals surface area (Å²) in [5.74, 6) is 2.58. The maximum atomic E-state index is 3.36. The molecule has 0 heterocycles. The van der Waals surface area contributed by atoms with E-state index in [1.165, 1.54) is 56.7 Å². The van der Waals surface area contributed by atoms with Crippen LogP contribution in [-0.4, -0.2) is 0 Å². The van der Waals surface area contributed by atoms with Crippen molar-refractivity contribution >= 4 is 47.7 Å². The first-order chi connectivity index (χ1) is 25.3. The van der Waals surface area contributed by atoms with Crippen molar-refractivity contribution in [3.05, 3.63) is 224 Å². The van der Waals surface area contributed by atoms with Gasteiger partial charge in [-0.1, -0.05) is 134 Å². The minimum atomic E-state index is -0.877. The van der Waals surface area contributed by atoms with Crippen LogP contribution in [0, 0.1) is 24.3 Å². The normalized spacial score (nSPS) is 16.9. The fourth-order valence-electron chi connectivity index (χ4n) is 7.61. The van der Waals surface area contributed by atoms with E-state index in [9.17, 15) is 0 Å². The Balaban J connectivity index is 0.000000135. The molecule has 3 unspecified atom stereocenters. The van der Waals surface area contributed by atoms with Crippen molar-refractivity contribution in [2.75, 3.05) is 0 Å². The number of rotatable bonds is 7. The third kappa shape index (κ3) is 9.93. The van der Waals surface area contributed by atoms with Gasteiger partial charge in [0.25, 0.3) is 0 Å². The van der Waals surface area contributed by atoms with E-state index in [4.69, 9.17) is 0 Å². The second-order valence-corrected chi connectivity index (χ2v) is 18.3. The number of fused-ring (bicyclic) bond motifs is 2. The zero-order valence-corrected chi connectivity index (χ0v) is 32.9. The molecule has 3 heteroatoms. The van der Waals surface area contributed by atoms with Gasteiger partial charge in [0, 0.05) is 0 Å². The van der Waals surface area contributed by atoms with Gasteiger partial charge in [0.1, 0.15) is 31.8 Å². The number of hydrogen-bond acceptors (Lipinski definition) is 0. The molecule has 0 aromatic heterocycles. The van der Waals surface area contributed by atoms with E-state index in [-0.39, 0.29) is 20.4 Å². The van der Waals surface area contributed by atoms with E-state index < -0.39 is 15.8 Å². The third-order valence-electron chi connectivity index (χ3n) is 9.97. The molecule has 2 aliphatic rings. The van der Waals surface area contributed by atoms with Gasteiger partial charge in [0.15, 0.2) is 0 Å². The second kappa shape index (κ2) is 19.8. The van der Waals surface area contributed by atoms with Gasteiger partial charge in [-0.25, -0.2) is 0 Å². The second-order valence-electron chi connectivity index (χ2n) is 13.3. The van der Waals surface area contributed by atoms with Gasteiger partial charge in [0.05, 0.1) is 15.8 Å². The van der Waals surface area contributed by atoms with Gasteiger partial charge < -0.3 is 6.42 Å². The minimum absolute atomic E-state index is 0. The van der Waals surface area contributed by atoms with Crippen molar-refractivity contribution in [1.29, 1.82) is 0 Å². The average Bonchev–Trinajstić information content (AvgIpc) is 3.87. The molecule has 7 aromatic carbocycles. The molecule has 2 fully saturated rings. The van der Waals surface area contributed by atoms with Crippen LogP contribution in [0.5, 0.6) is 0 Å². The Bertz CT molecular complexity index is 1690. The maximum Gasteiger partial charge on any atom is 2.00 e. The first-order valence-electron chi connectivity index (χ1n) is 18.2. The molecule has 0 spiro atoms. The molecular formula is C49H46P2Pd+2. The zero-order chi connectivity index (χ0) is 34.5. The van der Waals surface area contributed by atoms with Crippen molar-refractivity contribution in [2.45, 2.75) is 25.2 Å². The quantitative estimate of drug-likeness (QED) is 0.0857. The molecule has 260 valence electrons. The Kier molecular flexibility index (Phi) is 14.4. The SMILES string of the molecule is [Pd+2].[c-]1ccccc1C1[CH-]C2CCC1C2.c1ccc([PH+](c2ccccc2)c2ccccc2)cc1.c1ccc([PH+](c2ccccc2)c2ccccc2)cc1. The summed E-state index contributed by atoms with van der Waals surface area (Å²) in [4.78, 5) is 0. The third-order valence-corrected chi connectivity index (χ3v) is 15.4. The Hall–Kier alpha value is -3.94. The molecule has 2 saturated carbocycles. The van der Waals surface area contributed by atoms with Gasteiger partial charge in [-0.2, -0.15) is 47.7 Å². The van der Waals surface area contributed by atoms with Crippen LogP contribution in [0.4, 0.5) is 0 Å². The van der Waals surface area contributed by atoms with Gasteiger partial charge in [0.2, 0.25) is 0 Å². The van der Waals surface area contributed by atoms with Crippen molar-refractivity contribution in [1.82, 2.24) is 0 Å². The van der Waals surface area contributed by atoms with E-state index >= 15 is 0 Å². The van der Waals surface area contributed by atoms with E-state index in [0.29, 0.717) is 0 Å². The molecule has 52 heavy (non-hydrogen) atoms. The monoisotopic (exact) mass is 802 g/mol. The van der Waals surface area contributed by atoms with Gasteiger partial charge >= 0.3 is 20.4 Å². The molecule has 0 radical (unpaired) electrons. The first kappa shape index (κ1) is 37.8. The summed E-state index contributed by atoms with van der Waals surface area (Å²) in [7, 11) is -1.75. The Morgan fingerprint density at radius 2 is 0.731 bits per heavy atom. The predicted octanol–water partition coefficient (Wildman–Crippen LogP) is 9.56. The fourth-order valence-corrected chi connectivity index (χ4v) is 12.8. The Labute approximate surface area is 327 Å². The molecule has 2 bridgehead atoms. The van der Waals surface area contributed by atoms with Crippen molar-refractivity contribution in [3.8, 4) is 0 Å². The van der Waals surface area contributed by atoms with Crippen LogP contribution in [0.25, 0.3) is 0 Å². The molecule has 0 N–H and O–H groups in total. The van der Waals surface area contributed by atoms with Crippen molar-refractivity contribution in [2.24, 2.45) is 11.8 Å². The van der Waals surface area contributed by atoms with Crippen LogP contribution in [0.15, 0.2) is 206 Å². The van der Waals surface area contributed by atoms with Crippen LogP contribution >= 0.6 is 15.8 Å². The van der Waals surface area contributed by atoms with Crippen LogP contribution in [-0.2, 0) is 20.4 Å². The molecular weight excluding hydrogens is 757 g/mol. The van der Waals surface area contributed by atoms with E-state index in [2.05, 4.69) is 213 Å². The van der Waals surface area contributed by atoms with E-state index in [0.717, 1.165) is 17.8 Å². The first-order valence-corrected chi connectivity index (χ1v) is 21.2. The van der Waals surface area contributed by atoms with Crippen LogP contribution in [0.3, 0.4) is 0 Å². The summed E-state index contributed by atoms with van der Waals surface area (Å²) in [6, 6.07) is 76.8. The van der Waals surface area contributed by atoms with Crippen LogP contribution in [0.1, 0.15) is 30.7 Å².